The van der Waals surface area contributed by atoms with Gasteiger partial charge in [-0.1, -0.05) is 12.1 Å². The average molecular weight is 199 g/mol. The first-order valence-corrected chi connectivity index (χ1v) is 4.76. The van der Waals surface area contributed by atoms with E-state index in [0.29, 0.717) is 6.42 Å². The van der Waals surface area contributed by atoms with E-state index >= 15 is 0 Å². The minimum atomic E-state index is 0.0225. The number of carbonyl (C=O) groups excluding carboxylic acids is 1. The Morgan fingerprint density at radius 1 is 1.13 bits per heavy atom. The Morgan fingerprint density at radius 3 is 2.60 bits per heavy atom. The molecule has 3 heteroatoms. The van der Waals surface area contributed by atoms with E-state index in [0.717, 1.165) is 5.69 Å². The summed E-state index contributed by atoms with van der Waals surface area (Å²) in [6, 6.07) is 11.1. The van der Waals surface area contributed by atoms with Gasteiger partial charge in [-0.25, -0.2) is 4.79 Å². The van der Waals surface area contributed by atoms with Crippen LogP contribution in [0.3, 0.4) is 0 Å². The third-order valence-electron chi connectivity index (χ3n) is 2.06. The molecular weight excluding hydrogens is 188 g/mol. The third-order valence-corrected chi connectivity index (χ3v) is 2.06. The fourth-order valence-electron chi connectivity index (χ4n) is 1.31. The van der Waals surface area contributed by atoms with Crippen LogP contribution in [0, 0.1) is 0 Å². The Hall–Kier alpha value is -2.03. The second-order valence-corrected chi connectivity index (χ2v) is 3.17. The number of hydrogen-bond donors (Lipinski definition) is 0. The van der Waals surface area contributed by atoms with Crippen LogP contribution in [0.25, 0.3) is 0 Å². The van der Waals surface area contributed by atoms with E-state index in [1.54, 1.807) is 23.2 Å². The summed E-state index contributed by atoms with van der Waals surface area (Å²) in [4.78, 5) is 15.8. The Bertz CT molecular complexity index is 440. The third kappa shape index (κ3) is 2.47. The lowest BCUT2D eigenvalue weighted by atomic mass is 10.2. The Kier molecular flexibility index (Phi) is 2.83. The molecule has 0 saturated carbocycles. The van der Waals surface area contributed by atoms with Crippen LogP contribution in [0.2, 0.25) is 0 Å². The van der Waals surface area contributed by atoms with Crippen LogP contribution in [-0.2, 0) is 6.42 Å². The van der Waals surface area contributed by atoms with Crippen molar-refractivity contribution in [3.05, 3.63) is 60.7 Å². The molecule has 0 amide bonds. The van der Waals surface area contributed by atoms with Crippen molar-refractivity contribution in [3.8, 4) is 0 Å². The van der Waals surface area contributed by atoms with Gasteiger partial charge >= 0.3 is 5.91 Å². The lowest BCUT2D eigenvalue weighted by molar-refractivity contribution is -0.574. The summed E-state index contributed by atoms with van der Waals surface area (Å²) in [6.45, 7) is 0. The molecule has 0 bridgehead atoms. The highest BCUT2D eigenvalue weighted by atomic mass is 16.1. The number of pyridine rings is 2. The highest BCUT2D eigenvalue weighted by molar-refractivity contribution is 5.69. The maximum absolute atomic E-state index is 11.7. The van der Waals surface area contributed by atoms with Crippen molar-refractivity contribution in [1.82, 2.24) is 4.98 Å². The van der Waals surface area contributed by atoms with Gasteiger partial charge < -0.3 is 0 Å². The minimum Gasteiger partial charge on any atom is -0.261 e. The van der Waals surface area contributed by atoms with Crippen LogP contribution in [-0.4, -0.2) is 10.9 Å². The summed E-state index contributed by atoms with van der Waals surface area (Å²) in [5.41, 5.74) is 0.791. The highest BCUT2D eigenvalue weighted by Crippen LogP contribution is 1.94. The molecule has 2 rings (SSSR count). The lowest BCUT2D eigenvalue weighted by Crippen LogP contribution is -2.42. The van der Waals surface area contributed by atoms with Crippen molar-refractivity contribution in [3.63, 3.8) is 0 Å². The first kappa shape index (κ1) is 9.52. The highest BCUT2D eigenvalue weighted by Gasteiger charge is 2.13. The quantitative estimate of drug-likeness (QED) is 0.682. The lowest BCUT2D eigenvalue weighted by Gasteiger charge is -1.94. The molecule has 0 aliphatic rings. The van der Waals surface area contributed by atoms with Gasteiger partial charge in [-0.05, 0) is 12.1 Å². The Morgan fingerprint density at radius 2 is 1.93 bits per heavy atom. The van der Waals surface area contributed by atoms with E-state index in [-0.39, 0.29) is 5.91 Å². The standard InChI is InChI=1S/C12H11N2O/c15-12(14-8-4-1-5-9-14)10-11-6-2-3-7-13-11/h1-9H,10H2/q+1. The first-order chi connectivity index (χ1) is 7.36. The normalized spacial score (nSPS) is 9.87. The maximum Gasteiger partial charge on any atom is 0.398 e. The monoisotopic (exact) mass is 199 g/mol. The Balaban J connectivity index is 2.12. The first-order valence-electron chi connectivity index (χ1n) is 4.76. The molecule has 3 nitrogen and oxygen atoms in total. The van der Waals surface area contributed by atoms with E-state index in [4.69, 9.17) is 0 Å². The molecule has 15 heavy (non-hydrogen) atoms. The van der Waals surface area contributed by atoms with Crippen LogP contribution in [0.4, 0.5) is 0 Å². The van der Waals surface area contributed by atoms with Crippen molar-refractivity contribution < 1.29 is 9.36 Å². The summed E-state index contributed by atoms with van der Waals surface area (Å²) in [7, 11) is 0. The summed E-state index contributed by atoms with van der Waals surface area (Å²) in [6.07, 6.45) is 5.50. The molecule has 0 aromatic carbocycles. The van der Waals surface area contributed by atoms with E-state index in [1.807, 2.05) is 36.4 Å². The summed E-state index contributed by atoms with van der Waals surface area (Å²) >= 11 is 0. The van der Waals surface area contributed by atoms with E-state index < -0.39 is 0 Å². The molecule has 0 saturated heterocycles. The summed E-state index contributed by atoms with van der Waals surface area (Å²) < 4.78 is 1.56. The molecule has 0 N–H and O–H groups in total. The van der Waals surface area contributed by atoms with Crippen LogP contribution < -0.4 is 4.57 Å². The second kappa shape index (κ2) is 4.46. The van der Waals surface area contributed by atoms with Crippen molar-refractivity contribution in [2.75, 3.05) is 0 Å². The minimum absolute atomic E-state index is 0.0225. The maximum atomic E-state index is 11.7. The molecule has 0 unspecified atom stereocenters. The van der Waals surface area contributed by atoms with Gasteiger partial charge in [0.05, 0.1) is 5.69 Å². The van der Waals surface area contributed by atoms with Crippen LogP contribution in [0.1, 0.15) is 10.5 Å². The molecule has 2 aromatic heterocycles. The fourth-order valence-corrected chi connectivity index (χ4v) is 1.31. The van der Waals surface area contributed by atoms with E-state index in [9.17, 15) is 4.79 Å². The molecule has 0 fully saturated rings. The summed E-state index contributed by atoms with van der Waals surface area (Å²) in [5.74, 6) is 0.0225. The molecule has 2 aromatic rings. The smallest absolute Gasteiger partial charge is 0.261 e. The number of hydrogen-bond acceptors (Lipinski definition) is 2. The number of aromatic nitrogens is 2. The van der Waals surface area contributed by atoms with Crippen LogP contribution >= 0.6 is 0 Å². The van der Waals surface area contributed by atoms with Gasteiger partial charge in [0.1, 0.15) is 6.42 Å². The number of nitrogens with zero attached hydrogens (tertiary/aromatic N) is 2. The van der Waals surface area contributed by atoms with Crippen LogP contribution in [0.15, 0.2) is 55.0 Å². The molecule has 0 radical (unpaired) electrons. The van der Waals surface area contributed by atoms with Gasteiger partial charge in [-0.3, -0.25) is 4.98 Å². The van der Waals surface area contributed by atoms with Crippen molar-refractivity contribution >= 4 is 5.91 Å². The van der Waals surface area contributed by atoms with E-state index in [2.05, 4.69) is 4.98 Å². The van der Waals surface area contributed by atoms with Crippen molar-refractivity contribution in [2.24, 2.45) is 0 Å². The van der Waals surface area contributed by atoms with Crippen molar-refractivity contribution in [1.29, 1.82) is 0 Å². The molecule has 74 valence electrons. The summed E-state index contributed by atoms with van der Waals surface area (Å²) in [5, 5.41) is 0. The van der Waals surface area contributed by atoms with Crippen LogP contribution in [0.5, 0.6) is 0 Å². The van der Waals surface area contributed by atoms with Gasteiger partial charge in [0.15, 0.2) is 12.4 Å². The average Bonchev–Trinajstić information content (AvgIpc) is 2.31. The van der Waals surface area contributed by atoms with Gasteiger partial charge in [-0.15, -0.1) is 4.57 Å². The van der Waals surface area contributed by atoms with E-state index in [1.165, 1.54) is 0 Å². The predicted octanol–water partition coefficient (Wildman–Crippen LogP) is 1.25. The zero-order valence-electron chi connectivity index (χ0n) is 8.21. The fraction of sp³-hybridized carbons (Fsp3) is 0.0833. The molecule has 0 aliphatic carbocycles. The largest absolute Gasteiger partial charge is 0.398 e. The number of carbonyl (C=O) groups is 1. The Labute approximate surface area is 88.0 Å². The molecule has 0 spiro atoms. The predicted molar refractivity (Wildman–Crippen MR) is 55.2 cm³/mol. The second-order valence-electron chi connectivity index (χ2n) is 3.17. The van der Waals surface area contributed by atoms with Gasteiger partial charge in [0.25, 0.3) is 0 Å². The zero-order chi connectivity index (χ0) is 10.5. The molecule has 0 aliphatic heterocycles. The molecular formula is C12H11N2O+. The van der Waals surface area contributed by atoms with Gasteiger partial charge in [-0.2, -0.15) is 0 Å². The molecule has 2 heterocycles. The van der Waals surface area contributed by atoms with Gasteiger partial charge in [0.2, 0.25) is 0 Å². The molecule has 0 atom stereocenters. The van der Waals surface area contributed by atoms with Gasteiger partial charge in [0, 0.05) is 18.3 Å². The van der Waals surface area contributed by atoms with Crippen molar-refractivity contribution in [2.45, 2.75) is 6.42 Å². The number of rotatable bonds is 2. The zero-order valence-corrected chi connectivity index (χ0v) is 8.21. The topological polar surface area (TPSA) is 33.8 Å². The SMILES string of the molecule is O=C(Cc1ccccn1)[n+]1ccccc1.